The highest BCUT2D eigenvalue weighted by Gasteiger charge is 2.24. The van der Waals surface area contributed by atoms with Crippen molar-refractivity contribution in [2.24, 2.45) is 0 Å². The van der Waals surface area contributed by atoms with Gasteiger partial charge in [0, 0.05) is 50.7 Å². The first-order valence-corrected chi connectivity index (χ1v) is 11.4. The molecule has 33 heavy (non-hydrogen) atoms. The van der Waals surface area contributed by atoms with Gasteiger partial charge in [-0.15, -0.1) is 0 Å². The Morgan fingerprint density at radius 2 is 0.727 bits per heavy atom. The van der Waals surface area contributed by atoms with Crippen molar-refractivity contribution in [1.82, 2.24) is 0 Å². The van der Waals surface area contributed by atoms with Gasteiger partial charge in [0.25, 0.3) is 0 Å². The number of benzene rings is 2. The first-order chi connectivity index (χ1) is 15.5. The molecule has 0 N–H and O–H groups in total. The van der Waals surface area contributed by atoms with E-state index in [-0.39, 0.29) is 10.8 Å². The molecule has 0 unspecified atom stereocenters. The van der Waals surface area contributed by atoms with E-state index in [1.165, 1.54) is 11.1 Å². The molecular formula is C28H42O5. The fourth-order valence-corrected chi connectivity index (χ4v) is 3.79. The number of hydrogen-bond donors (Lipinski definition) is 0. The zero-order valence-electron chi connectivity index (χ0n) is 22.2. The second kappa shape index (κ2) is 11.5. The topological polar surface area (TPSA) is 46.2 Å². The quantitative estimate of drug-likeness (QED) is 0.398. The van der Waals surface area contributed by atoms with Crippen molar-refractivity contribution in [2.75, 3.05) is 28.4 Å². The van der Waals surface area contributed by atoms with Crippen LogP contribution < -0.4 is 4.74 Å². The summed E-state index contributed by atoms with van der Waals surface area (Å²) < 4.78 is 29.0. The standard InChI is InChI=1S/C28H42O5/c1-27(2,3)23-11-19(15-29-7)25(20(12-23)16-30-8)33-26-21(17-31-9)13-24(28(4,5)6)14-22(26)18-32-10/h11-14H,15-18H2,1-10H3. The molecule has 0 aliphatic carbocycles. The second-order valence-corrected chi connectivity index (χ2v) is 10.6. The van der Waals surface area contributed by atoms with E-state index >= 15 is 0 Å². The number of ether oxygens (including phenoxy) is 5. The fraction of sp³-hybridized carbons (Fsp3) is 0.571. The fourth-order valence-electron chi connectivity index (χ4n) is 3.79. The van der Waals surface area contributed by atoms with Crippen molar-refractivity contribution in [2.45, 2.75) is 78.8 Å². The highest BCUT2D eigenvalue weighted by atomic mass is 16.5. The first-order valence-electron chi connectivity index (χ1n) is 11.4. The minimum Gasteiger partial charge on any atom is -0.456 e. The van der Waals surface area contributed by atoms with Crippen molar-refractivity contribution < 1.29 is 23.7 Å². The van der Waals surface area contributed by atoms with E-state index in [9.17, 15) is 0 Å². The van der Waals surface area contributed by atoms with Crippen LogP contribution in [0.15, 0.2) is 24.3 Å². The molecule has 0 saturated carbocycles. The Balaban J connectivity index is 2.76. The zero-order chi connectivity index (χ0) is 24.8. The number of methoxy groups -OCH3 is 4. The maximum Gasteiger partial charge on any atom is 0.138 e. The molecule has 0 bridgehead atoms. The van der Waals surface area contributed by atoms with Gasteiger partial charge in [-0.2, -0.15) is 0 Å². The monoisotopic (exact) mass is 458 g/mol. The van der Waals surface area contributed by atoms with Gasteiger partial charge in [0.15, 0.2) is 0 Å². The summed E-state index contributed by atoms with van der Waals surface area (Å²) in [4.78, 5) is 0. The minimum atomic E-state index is -0.0136. The van der Waals surface area contributed by atoms with Gasteiger partial charge in [-0.05, 0) is 46.2 Å². The molecule has 2 aromatic rings. The molecule has 5 heteroatoms. The molecule has 0 spiro atoms. The first kappa shape index (κ1) is 27.3. The van der Waals surface area contributed by atoms with E-state index in [1.54, 1.807) is 28.4 Å². The summed E-state index contributed by atoms with van der Waals surface area (Å²) in [5.74, 6) is 1.54. The van der Waals surface area contributed by atoms with Crippen LogP contribution >= 0.6 is 0 Å². The molecule has 0 heterocycles. The molecule has 0 aliphatic heterocycles. The van der Waals surface area contributed by atoms with Crippen LogP contribution in [0.25, 0.3) is 0 Å². The molecule has 0 aromatic heterocycles. The van der Waals surface area contributed by atoms with Gasteiger partial charge < -0.3 is 23.7 Å². The lowest BCUT2D eigenvalue weighted by atomic mass is 9.84. The van der Waals surface area contributed by atoms with Gasteiger partial charge in [0.1, 0.15) is 11.5 Å². The Hall–Kier alpha value is -1.92. The lowest BCUT2D eigenvalue weighted by Crippen LogP contribution is -2.15. The molecule has 0 fully saturated rings. The van der Waals surface area contributed by atoms with E-state index in [2.05, 4.69) is 65.8 Å². The second-order valence-electron chi connectivity index (χ2n) is 10.6. The van der Waals surface area contributed by atoms with E-state index in [1.807, 2.05) is 0 Å². The molecular weight excluding hydrogens is 416 g/mol. The Morgan fingerprint density at radius 3 is 0.909 bits per heavy atom. The van der Waals surface area contributed by atoms with Crippen molar-refractivity contribution in [3.05, 3.63) is 57.6 Å². The van der Waals surface area contributed by atoms with Crippen LogP contribution in [-0.4, -0.2) is 28.4 Å². The Labute approximate surface area is 200 Å². The normalized spacial score (nSPS) is 12.3. The average molecular weight is 459 g/mol. The van der Waals surface area contributed by atoms with Gasteiger partial charge in [0.2, 0.25) is 0 Å². The Kier molecular flexibility index (Phi) is 9.50. The van der Waals surface area contributed by atoms with Gasteiger partial charge in [-0.1, -0.05) is 41.5 Å². The summed E-state index contributed by atoms with van der Waals surface area (Å²) in [7, 11) is 6.81. The molecule has 5 nitrogen and oxygen atoms in total. The number of hydrogen-bond acceptors (Lipinski definition) is 5. The highest BCUT2D eigenvalue weighted by Crippen LogP contribution is 2.40. The average Bonchev–Trinajstić information content (AvgIpc) is 2.71. The summed E-state index contributed by atoms with van der Waals surface area (Å²) in [6, 6.07) is 8.70. The summed E-state index contributed by atoms with van der Waals surface area (Å²) in [5, 5.41) is 0. The minimum absolute atomic E-state index is 0.0136. The van der Waals surface area contributed by atoms with Crippen LogP contribution in [0.4, 0.5) is 0 Å². The summed E-state index contributed by atoms with van der Waals surface area (Å²) in [5.41, 5.74) is 6.36. The number of rotatable bonds is 10. The van der Waals surface area contributed by atoms with Crippen LogP contribution in [0.1, 0.15) is 74.9 Å². The van der Waals surface area contributed by atoms with Crippen LogP contribution in [-0.2, 0) is 56.2 Å². The summed E-state index contributed by atoms with van der Waals surface area (Å²) >= 11 is 0. The largest absolute Gasteiger partial charge is 0.456 e. The van der Waals surface area contributed by atoms with Crippen LogP contribution in [0.2, 0.25) is 0 Å². The van der Waals surface area contributed by atoms with Crippen LogP contribution in [0.5, 0.6) is 11.5 Å². The van der Waals surface area contributed by atoms with Crippen molar-refractivity contribution >= 4 is 0 Å². The lowest BCUT2D eigenvalue weighted by molar-refractivity contribution is 0.169. The van der Waals surface area contributed by atoms with Gasteiger partial charge in [0.05, 0.1) is 26.4 Å². The maximum absolute atomic E-state index is 6.73. The van der Waals surface area contributed by atoms with Crippen molar-refractivity contribution in [3.63, 3.8) is 0 Å². The third kappa shape index (κ3) is 7.03. The highest BCUT2D eigenvalue weighted by molar-refractivity contribution is 5.53. The predicted octanol–water partition coefficient (Wildman–Crippen LogP) is 6.66. The molecule has 0 aliphatic rings. The molecule has 0 atom stereocenters. The maximum atomic E-state index is 6.73. The van der Waals surface area contributed by atoms with E-state index in [4.69, 9.17) is 23.7 Å². The smallest absolute Gasteiger partial charge is 0.138 e. The summed E-state index contributed by atoms with van der Waals surface area (Å²) in [6.07, 6.45) is 0. The third-order valence-electron chi connectivity index (χ3n) is 5.62. The van der Waals surface area contributed by atoms with Crippen molar-refractivity contribution in [3.8, 4) is 11.5 Å². The molecule has 2 rings (SSSR count). The third-order valence-corrected chi connectivity index (χ3v) is 5.62. The van der Waals surface area contributed by atoms with E-state index < -0.39 is 0 Å². The van der Waals surface area contributed by atoms with Gasteiger partial charge >= 0.3 is 0 Å². The van der Waals surface area contributed by atoms with E-state index in [0.717, 1.165) is 33.8 Å². The molecule has 0 saturated heterocycles. The van der Waals surface area contributed by atoms with Crippen LogP contribution in [0.3, 0.4) is 0 Å². The molecule has 0 radical (unpaired) electrons. The van der Waals surface area contributed by atoms with Crippen molar-refractivity contribution in [1.29, 1.82) is 0 Å². The van der Waals surface area contributed by atoms with Crippen LogP contribution in [0, 0.1) is 0 Å². The molecule has 184 valence electrons. The molecule has 0 amide bonds. The SMILES string of the molecule is COCc1cc(C(C)(C)C)cc(COC)c1Oc1c(COC)cc(C(C)(C)C)cc1COC. The predicted molar refractivity (Wildman–Crippen MR) is 133 cm³/mol. The van der Waals surface area contributed by atoms with E-state index in [0.29, 0.717) is 26.4 Å². The Bertz CT molecular complexity index is 789. The van der Waals surface area contributed by atoms with Gasteiger partial charge in [-0.25, -0.2) is 0 Å². The van der Waals surface area contributed by atoms with Gasteiger partial charge in [-0.3, -0.25) is 0 Å². The lowest BCUT2D eigenvalue weighted by Gasteiger charge is -2.26. The molecule has 2 aromatic carbocycles. The summed E-state index contributed by atoms with van der Waals surface area (Å²) in [6.45, 7) is 15.0. The zero-order valence-corrected chi connectivity index (χ0v) is 22.2. The Morgan fingerprint density at radius 1 is 0.485 bits per heavy atom.